The minimum atomic E-state index is -1.42. The van der Waals surface area contributed by atoms with Gasteiger partial charge in [-0.1, -0.05) is 35.9 Å². The van der Waals surface area contributed by atoms with Gasteiger partial charge in [-0.05, 0) is 80.5 Å². The predicted octanol–water partition coefficient (Wildman–Crippen LogP) is 6.06. The normalized spacial score (nSPS) is 21.7. The number of carbonyl (C=O) groups excluding carboxylic acids is 3. The van der Waals surface area contributed by atoms with Crippen molar-refractivity contribution in [2.75, 3.05) is 18.4 Å². The smallest absolute Gasteiger partial charge is 0.323 e. The Kier molecular flexibility index (Phi) is 7.55. The van der Waals surface area contributed by atoms with Crippen LogP contribution < -0.4 is 20.7 Å². The lowest BCUT2D eigenvalue weighted by molar-refractivity contribution is -0.128. The van der Waals surface area contributed by atoms with E-state index in [4.69, 9.17) is 21.3 Å². The summed E-state index contributed by atoms with van der Waals surface area (Å²) in [6.07, 6.45) is 7.13. The number of thiol groups is 1. The van der Waals surface area contributed by atoms with Crippen LogP contribution in [0, 0.1) is 12.8 Å². The molecule has 1 aliphatic carbocycles. The summed E-state index contributed by atoms with van der Waals surface area (Å²) >= 11 is 6.35. The van der Waals surface area contributed by atoms with E-state index in [0.29, 0.717) is 41.0 Å². The fourth-order valence-corrected chi connectivity index (χ4v) is 8.85. The molecule has 4 amide bonds. The number of anilines is 1. The largest absolute Gasteiger partial charge is 0.457 e. The third-order valence-electron chi connectivity index (χ3n) is 8.20. The van der Waals surface area contributed by atoms with Crippen LogP contribution in [0.5, 0.6) is 11.5 Å². The number of halogens is 1. The van der Waals surface area contributed by atoms with E-state index in [9.17, 15) is 14.4 Å². The molecule has 9 nitrogen and oxygen atoms in total. The summed E-state index contributed by atoms with van der Waals surface area (Å²) in [4.78, 5) is 47.9. The third kappa shape index (κ3) is 5.55. The van der Waals surface area contributed by atoms with Gasteiger partial charge >= 0.3 is 6.03 Å². The fourth-order valence-electron chi connectivity index (χ4n) is 5.94. The number of hydrogen-bond donors (Lipinski definition) is 4. The van der Waals surface area contributed by atoms with Crippen LogP contribution in [0.2, 0.25) is 0 Å². The average Bonchev–Trinajstić information content (AvgIpc) is 3.77. The second-order valence-corrected chi connectivity index (χ2v) is 13.9. The second-order valence-electron chi connectivity index (χ2n) is 11.5. The number of piperidine rings is 1. The van der Waals surface area contributed by atoms with E-state index in [0.717, 1.165) is 52.5 Å². The monoisotopic (exact) mass is 629 g/mol. The molecule has 0 bridgehead atoms. The van der Waals surface area contributed by atoms with Gasteiger partial charge < -0.3 is 25.6 Å². The Morgan fingerprint density at radius 1 is 1.09 bits per heavy atom. The Morgan fingerprint density at radius 2 is 1.91 bits per heavy atom. The first-order chi connectivity index (χ1) is 21.4. The number of amides is 4. The number of para-hydroxylation sites is 1. The Morgan fingerprint density at radius 3 is 2.68 bits per heavy atom. The van der Waals surface area contributed by atoms with E-state index in [1.807, 2.05) is 61.5 Å². The Hall–Kier alpha value is -4.28. The molecule has 2 atom stereocenters. The molecular formula is C33H32ClN5O4S. The van der Waals surface area contributed by atoms with Crippen molar-refractivity contribution in [3.05, 3.63) is 87.9 Å². The van der Waals surface area contributed by atoms with Crippen LogP contribution in [-0.4, -0.2) is 46.9 Å². The van der Waals surface area contributed by atoms with E-state index >= 15 is 0 Å². The number of nitrogens with one attached hydrogen (secondary N) is 3. The van der Waals surface area contributed by atoms with Crippen molar-refractivity contribution >= 4 is 51.7 Å². The van der Waals surface area contributed by atoms with Crippen LogP contribution in [0.1, 0.15) is 36.8 Å². The molecule has 1 saturated heterocycles. The molecule has 3 aliphatic heterocycles. The van der Waals surface area contributed by atoms with Gasteiger partial charge in [0.1, 0.15) is 16.5 Å². The molecule has 3 aromatic rings. The van der Waals surface area contributed by atoms with E-state index in [1.165, 1.54) is 0 Å². The quantitative estimate of drug-likeness (QED) is 0.188. The highest BCUT2D eigenvalue weighted by Crippen LogP contribution is 2.61. The first kappa shape index (κ1) is 28.5. The van der Waals surface area contributed by atoms with Crippen molar-refractivity contribution in [1.82, 2.24) is 20.5 Å². The molecule has 2 unspecified atom stereocenters. The molecule has 0 spiro atoms. The van der Waals surface area contributed by atoms with Gasteiger partial charge in [-0.15, -0.1) is 10.9 Å². The maximum atomic E-state index is 14.2. The molecule has 1 aromatic heterocycles. The van der Waals surface area contributed by atoms with Gasteiger partial charge in [-0.2, -0.15) is 0 Å². The van der Waals surface area contributed by atoms with Crippen molar-refractivity contribution in [2.24, 2.45) is 5.92 Å². The molecule has 4 heterocycles. The second kappa shape index (κ2) is 11.7. The highest BCUT2D eigenvalue weighted by atomic mass is 35.5. The third-order valence-corrected chi connectivity index (χ3v) is 11.1. The highest BCUT2D eigenvalue weighted by Gasteiger charge is 2.41. The lowest BCUT2D eigenvalue weighted by Crippen LogP contribution is -2.50. The Labute approximate surface area is 263 Å². The fraction of sp³-hybridized carbons (Fsp3) is 0.273. The van der Waals surface area contributed by atoms with E-state index < -0.39 is 16.9 Å². The Bertz CT molecular complexity index is 1740. The van der Waals surface area contributed by atoms with Crippen molar-refractivity contribution < 1.29 is 19.1 Å². The van der Waals surface area contributed by atoms with Crippen LogP contribution in [0.15, 0.2) is 86.7 Å². The predicted molar refractivity (Wildman–Crippen MR) is 171 cm³/mol. The van der Waals surface area contributed by atoms with Gasteiger partial charge in [0.2, 0.25) is 0 Å². The van der Waals surface area contributed by atoms with E-state index in [2.05, 4.69) is 16.0 Å². The number of urea groups is 1. The van der Waals surface area contributed by atoms with Crippen LogP contribution in [0.3, 0.4) is 0 Å². The first-order valence-corrected chi connectivity index (χ1v) is 16.5. The van der Waals surface area contributed by atoms with Gasteiger partial charge in [-0.25, -0.2) is 4.79 Å². The summed E-state index contributed by atoms with van der Waals surface area (Å²) in [5.41, 5.74) is 2.79. The summed E-state index contributed by atoms with van der Waals surface area (Å²) < 4.78 is 6.06. The lowest BCUT2D eigenvalue weighted by atomic mass is 10.0. The number of pyridine rings is 1. The number of hydrogen-bond acceptors (Lipinski definition) is 5. The zero-order valence-corrected chi connectivity index (χ0v) is 25.8. The van der Waals surface area contributed by atoms with Gasteiger partial charge in [-0.3, -0.25) is 14.6 Å². The van der Waals surface area contributed by atoms with Crippen molar-refractivity contribution in [2.45, 2.75) is 48.6 Å². The molecule has 3 N–H and O–H groups in total. The molecule has 7 rings (SSSR count). The molecular weight excluding hydrogens is 598 g/mol. The standard InChI is InChI=1S/C33H32ClN5O4S/c1-19-16-23(43-22-7-3-2-4-8-22)11-12-26(19)44-29(28-27-25(37-33(42)38-28)13-14-35-31(27)44)30(40)36-21-6-5-15-39(18-21)32(41)24(34)17-20-9-10-20/h2-4,7-8,11-14,16-17,20-21,44H,5-6,9-10,15,18H2,1H3,(H,36,40)(H2,37,38,42). The number of nitrogens with zero attached hydrogens (tertiary/aromatic N) is 2. The van der Waals surface area contributed by atoms with Crippen LogP contribution >= 0.6 is 22.5 Å². The summed E-state index contributed by atoms with van der Waals surface area (Å²) in [5.74, 6) is 1.34. The maximum absolute atomic E-state index is 14.2. The SMILES string of the molecule is Cc1cc(Oc2ccccc2)ccc1[SH]1C(C(=O)NC2CCCN(C(=O)C(Cl)=CC3CC3)C2)=C2NC(=O)Nc3ccnc1c32. The van der Waals surface area contributed by atoms with Crippen LogP contribution in [0.25, 0.3) is 5.70 Å². The number of benzene rings is 2. The molecule has 2 aromatic carbocycles. The average molecular weight is 630 g/mol. The molecule has 11 heteroatoms. The van der Waals surface area contributed by atoms with E-state index in [-0.39, 0.29) is 22.9 Å². The number of aromatic nitrogens is 1. The van der Waals surface area contributed by atoms with E-state index in [1.54, 1.807) is 17.2 Å². The molecule has 0 radical (unpaired) electrons. The maximum Gasteiger partial charge on any atom is 0.323 e. The van der Waals surface area contributed by atoms with Gasteiger partial charge in [0.05, 0.1) is 26.9 Å². The number of carbonyl (C=O) groups is 3. The van der Waals surface area contributed by atoms with Crippen LogP contribution in [0.4, 0.5) is 10.5 Å². The number of allylic oxidation sites excluding steroid dienone is 1. The molecule has 44 heavy (non-hydrogen) atoms. The number of likely N-dealkylation sites (tertiary alicyclic amines) is 1. The first-order valence-electron chi connectivity index (χ1n) is 14.8. The lowest BCUT2D eigenvalue weighted by Gasteiger charge is -2.34. The van der Waals surface area contributed by atoms with Crippen molar-refractivity contribution in [3.63, 3.8) is 0 Å². The molecule has 2 fully saturated rings. The zero-order chi connectivity index (χ0) is 30.4. The minimum absolute atomic E-state index is 0.192. The summed E-state index contributed by atoms with van der Waals surface area (Å²) in [5, 5.41) is 9.96. The van der Waals surface area contributed by atoms with Crippen LogP contribution in [-0.2, 0) is 9.59 Å². The van der Waals surface area contributed by atoms with Crippen molar-refractivity contribution in [3.8, 4) is 11.5 Å². The van der Waals surface area contributed by atoms with Gasteiger partial charge in [0.25, 0.3) is 11.8 Å². The van der Waals surface area contributed by atoms with Gasteiger partial charge in [0.15, 0.2) is 0 Å². The molecule has 226 valence electrons. The number of aryl methyl sites for hydroxylation is 1. The number of ether oxygens (including phenoxy) is 1. The minimum Gasteiger partial charge on any atom is -0.457 e. The highest BCUT2D eigenvalue weighted by molar-refractivity contribution is 8.21. The topological polar surface area (TPSA) is 113 Å². The Balaban J connectivity index is 1.19. The summed E-state index contributed by atoms with van der Waals surface area (Å²) in [6.45, 7) is 2.96. The van der Waals surface area contributed by atoms with Gasteiger partial charge in [0, 0.05) is 30.2 Å². The summed E-state index contributed by atoms with van der Waals surface area (Å²) in [6, 6.07) is 16.5. The zero-order valence-electron chi connectivity index (χ0n) is 24.1. The molecule has 4 aliphatic rings. The molecule has 1 saturated carbocycles. The van der Waals surface area contributed by atoms with Crippen molar-refractivity contribution in [1.29, 1.82) is 0 Å². The summed E-state index contributed by atoms with van der Waals surface area (Å²) in [7, 11) is -1.42. The number of rotatable bonds is 7.